The zero-order chi connectivity index (χ0) is 10.7. The van der Waals surface area contributed by atoms with Crippen LogP contribution >= 0.6 is 11.8 Å². The molecule has 0 spiro atoms. The summed E-state index contributed by atoms with van der Waals surface area (Å²) in [5.41, 5.74) is 1.13. The molecule has 0 saturated heterocycles. The first-order chi connectivity index (χ1) is 6.50. The van der Waals surface area contributed by atoms with Crippen molar-refractivity contribution < 1.29 is 9.90 Å². The molecule has 1 aromatic heterocycles. The van der Waals surface area contributed by atoms with Crippen LogP contribution in [0.15, 0.2) is 17.2 Å². The molecule has 0 fully saturated rings. The van der Waals surface area contributed by atoms with Crippen molar-refractivity contribution in [2.75, 3.05) is 0 Å². The number of carboxylic acid groups (broad SMARTS) is 1. The molecule has 0 amide bonds. The smallest absolute Gasteiger partial charge is 0.338 e. The van der Waals surface area contributed by atoms with E-state index < -0.39 is 5.97 Å². The highest BCUT2D eigenvalue weighted by atomic mass is 32.2. The van der Waals surface area contributed by atoms with Crippen molar-refractivity contribution >= 4 is 17.7 Å². The van der Waals surface area contributed by atoms with Crippen LogP contribution in [0.2, 0.25) is 0 Å². The SMILES string of the molecule is Cc1ccc(C(=O)O)c(SC(C)C)n1. The van der Waals surface area contributed by atoms with Crippen LogP contribution in [0.5, 0.6) is 0 Å². The van der Waals surface area contributed by atoms with Crippen molar-refractivity contribution in [1.82, 2.24) is 4.98 Å². The zero-order valence-corrected chi connectivity index (χ0v) is 9.26. The third kappa shape index (κ3) is 2.73. The van der Waals surface area contributed by atoms with Gasteiger partial charge in [-0.1, -0.05) is 13.8 Å². The average molecular weight is 211 g/mol. The molecule has 0 saturated carbocycles. The van der Waals surface area contributed by atoms with Crippen LogP contribution in [0, 0.1) is 6.92 Å². The van der Waals surface area contributed by atoms with Gasteiger partial charge in [0.15, 0.2) is 0 Å². The van der Waals surface area contributed by atoms with E-state index in [4.69, 9.17) is 5.11 Å². The van der Waals surface area contributed by atoms with E-state index in [0.717, 1.165) is 5.69 Å². The summed E-state index contributed by atoms with van der Waals surface area (Å²) >= 11 is 1.48. The number of aromatic nitrogens is 1. The molecular formula is C10H13NO2S. The zero-order valence-electron chi connectivity index (χ0n) is 8.44. The monoisotopic (exact) mass is 211 g/mol. The molecule has 1 heterocycles. The fourth-order valence-electron chi connectivity index (χ4n) is 1.01. The quantitative estimate of drug-likeness (QED) is 0.781. The fraction of sp³-hybridized carbons (Fsp3) is 0.400. The van der Waals surface area contributed by atoms with E-state index in [1.807, 2.05) is 20.8 Å². The Kier molecular flexibility index (Phi) is 3.52. The minimum absolute atomic E-state index is 0.286. The van der Waals surface area contributed by atoms with Gasteiger partial charge in [-0.3, -0.25) is 0 Å². The average Bonchev–Trinajstić information content (AvgIpc) is 2.01. The number of hydrogen-bond donors (Lipinski definition) is 1. The second-order valence-electron chi connectivity index (χ2n) is 3.28. The summed E-state index contributed by atoms with van der Waals surface area (Å²) in [6.07, 6.45) is 0. The first kappa shape index (κ1) is 11.0. The van der Waals surface area contributed by atoms with Gasteiger partial charge in [-0.15, -0.1) is 11.8 Å². The topological polar surface area (TPSA) is 50.2 Å². The van der Waals surface area contributed by atoms with E-state index in [1.54, 1.807) is 12.1 Å². The van der Waals surface area contributed by atoms with Gasteiger partial charge in [-0.25, -0.2) is 9.78 Å². The van der Waals surface area contributed by atoms with Gasteiger partial charge in [0.2, 0.25) is 0 Å². The largest absolute Gasteiger partial charge is 0.478 e. The molecule has 0 unspecified atom stereocenters. The molecule has 0 aliphatic heterocycles. The molecule has 0 aliphatic carbocycles. The second kappa shape index (κ2) is 4.46. The van der Waals surface area contributed by atoms with E-state index in [0.29, 0.717) is 10.3 Å². The summed E-state index contributed by atoms with van der Waals surface area (Å²) in [5.74, 6) is -0.916. The van der Waals surface area contributed by atoms with Crippen LogP contribution in [-0.4, -0.2) is 21.3 Å². The van der Waals surface area contributed by atoms with Crippen molar-refractivity contribution in [3.63, 3.8) is 0 Å². The number of carbonyl (C=O) groups is 1. The number of pyridine rings is 1. The lowest BCUT2D eigenvalue weighted by Gasteiger charge is -2.07. The molecule has 3 nitrogen and oxygen atoms in total. The van der Waals surface area contributed by atoms with Crippen LogP contribution in [0.3, 0.4) is 0 Å². The Morgan fingerprint density at radius 1 is 1.50 bits per heavy atom. The molecule has 14 heavy (non-hydrogen) atoms. The van der Waals surface area contributed by atoms with Crippen molar-refractivity contribution in [3.05, 3.63) is 23.4 Å². The molecule has 0 atom stereocenters. The molecule has 4 heteroatoms. The third-order valence-electron chi connectivity index (χ3n) is 1.58. The maximum absolute atomic E-state index is 10.9. The summed E-state index contributed by atoms with van der Waals surface area (Å²) in [6.45, 7) is 5.89. The minimum Gasteiger partial charge on any atom is -0.478 e. The first-order valence-corrected chi connectivity index (χ1v) is 5.26. The Balaban J connectivity index is 3.09. The predicted molar refractivity (Wildman–Crippen MR) is 56.9 cm³/mol. The first-order valence-electron chi connectivity index (χ1n) is 4.38. The van der Waals surface area contributed by atoms with Gasteiger partial charge >= 0.3 is 5.97 Å². The maximum Gasteiger partial charge on any atom is 0.338 e. The highest BCUT2D eigenvalue weighted by Gasteiger charge is 2.12. The van der Waals surface area contributed by atoms with Crippen molar-refractivity contribution in [3.8, 4) is 0 Å². The Morgan fingerprint density at radius 2 is 2.14 bits per heavy atom. The maximum atomic E-state index is 10.9. The predicted octanol–water partition coefficient (Wildman–Crippen LogP) is 2.59. The molecular weight excluding hydrogens is 198 g/mol. The Morgan fingerprint density at radius 3 is 2.64 bits per heavy atom. The molecule has 76 valence electrons. The van der Waals surface area contributed by atoms with Gasteiger partial charge < -0.3 is 5.11 Å². The molecule has 0 bridgehead atoms. The fourth-order valence-corrected chi connectivity index (χ4v) is 1.93. The van der Waals surface area contributed by atoms with Gasteiger partial charge in [-0.2, -0.15) is 0 Å². The van der Waals surface area contributed by atoms with Crippen molar-refractivity contribution in [1.29, 1.82) is 0 Å². The Bertz CT molecular complexity index is 350. The molecule has 1 N–H and O–H groups in total. The van der Waals surface area contributed by atoms with Crippen LogP contribution in [-0.2, 0) is 0 Å². The summed E-state index contributed by atoms with van der Waals surface area (Å²) in [4.78, 5) is 15.1. The minimum atomic E-state index is -0.916. The normalized spacial score (nSPS) is 10.6. The standard InChI is InChI=1S/C10H13NO2S/c1-6(2)14-9-8(10(12)13)5-4-7(3)11-9/h4-6H,1-3H3,(H,12,13). The summed E-state index contributed by atoms with van der Waals surface area (Å²) in [5, 5.41) is 9.86. The number of thioether (sulfide) groups is 1. The van der Waals surface area contributed by atoms with Crippen LogP contribution < -0.4 is 0 Å². The van der Waals surface area contributed by atoms with Crippen molar-refractivity contribution in [2.24, 2.45) is 0 Å². The van der Waals surface area contributed by atoms with Crippen LogP contribution in [0.25, 0.3) is 0 Å². The summed E-state index contributed by atoms with van der Waals surface area (Å²) < 4.78 is 0. The highest BCUT2D eigenvalue weighted by molar-refractivity contribution is 7.99. The number of aromatic carboxylic acids is 1. The van der Waals surface area contributed by atoms with Crippen molar-refractivity contribution in [2.45, 2.75) is 31.0 Å². The molecule has 0 aromatic carbocycles. The number of carboxylic acids is 1. The molecule has 1 aromatic rings. The summed E-state index contributed by atoms with van der Waals surface area (Å²) in [6, 6.07) is 3.32. The lowest BCUT2D eigenvalue weighted by Crippen LogP contribution is -2.03. The number of rotatable bonds is 3. The molecule has 0 radical (unpaired) electrons. The van der Waals surface area contributed by atoms with Crippen LogP contribution in [0.4, 0.5) is 0 Å². The third-order valence-corrected chi connectivity index (χ3v) is 2.58. The summed E-state index contributed by atoms with van der Waals surface area (Å²) in [7, 11) is 0. The van der Waals surface area contributed by atoms with Gasteiger partial charge in [0.05, 0.1) is 5.56 Å². The van der Waals surface area contributed by atoms with Gasteiger partial charge in [0.25, 0.3) is 0 Å². The van der Waals surface area contributed by atoms with Gasteiger partial charge in [-0.05, 0) is 19.1 Å². The second-order valence-corrected chi connectivity index (χ2v) is 4.84. The van der Waals surface area contributed by atoms with Crippen LogP contribution in [0.1, 0.15) is 29.9 Å². The Labute approximate surface area is 87.6 Å². The molecule has 1 rings (SSSR count). The van der Waals surface area contributed by atoms with E-state index in [2.05, 4.69) is 4.98 Å². The lowest BCUT2D eigenvalue weighted by molar-refractivity contribution is 0.0692. The number of aryl methyl sites for hydroxylation is 1. The van der Waals surface area contributed by atoms with E-state index in [1.165, 1.54) is 11.8 Å². The van der Waals surface area contributed by atoms with E-state index in [-0.39, 0.29) is 5.56 Å². The molecule has 0 aliphatic rings. The Hall–Kier alpha value is -1.03. The highest BCUT2D eigenvalue weighted by Crippen LogP contribution is 2.24. The van der Waals surface area contributed by atoms with E-state index >= 15 is 0 Å². The number of hydrogen-bond acceptors (Lipinski definition) is 3. The number of nitrogens with zero attached hydrogens (tertiary/aromatic N) is 1. The lowest BCUT2D eigenvalue weighted by atomic mass is 10.2. The van der Waals surface area contributed by atoms with E-state index in [9.17, 15) is 4.79 Å². The van der Waals surface area contributed by atoms with Gasteiger partial charge in [0.1, 0.15) is 5.03 Å². The van der Waals surface area contributed by atoms with Gasteiger partial charge in [0, 0.05) is 10.9 Å².